The van der Waals surface area contributed by atoms with Gasteiger partial charge in [-0.1, -0.05) is 11.6 Å². The quantitative estimate of drug-likeness (QED) is 0.678. The molecule has 1 aliphatic heterocycles. The highest BCUT2D eigenvalue weighted by atomic mass is 35.5. The van der Waals surface area contributed by atoms with Gasteiger partial charge in [0.25, 0.3) is 11.6 Å². The van der Waals surface area contributed by atoms with Gasteiger partial charge in [-0.3, -0.25) is 14.9 Å². The molecule has 102 valence electrons. The summed E-state index contributed by atoms with van der Waals surface area (Å²) in [4.78, 5) is 23.9. The van der Waals surface area contributed by atoms with Gasteiger partial charge in [0.1, 0.15) is 5.02 Å². The number of likely N-dealkylation sites (tertiary alicyclic amines) is 1. The van der Waals surface area contributed by atoms with Gasteiger partial charge in [0.15, 0.2) is 0 Å². The Kier molecular flexibility index (Phi) is 4.01. The molecule has 1 fully saturated rings. The summed E-state index contributed by atoms with van der Waals surface area (Å²) in [6, 6.07) is 3.73. The zero-order chi connectivity index (χ0) is 14.0. The van der Waals surface area contributed by atoms with Gasteiger partial charge in [0.05, 0.1) is 17.6 Å². The van der Waals surface area contributed by atoms with E-state index in [0.717, 1.165) is 12.8 Å². The standard InChI is InChI=1S/C12H13ClN2O4/c13-10-6-8(3-4-11(10)15(18)19)12(17)14-5-1-2-9(14)7-16/h3-4,6,9,16H,1-2,5,7H2/t9-/m0/s1. The molecule has 0 bridgehead atoms. The molecule has 1 amide bonds. The van der Waals surface area contributed by atoms with Crippen molar-refractivity contribution in [1.29, 1.82) is 0 Å². The van der Waals surface area contributed by atoms with Crippen molar-refractivity contribution in [3.63, 3.8) is 0 Å². The van der Waals surface area contributed by atoms with E-state index in [-0.39, 0.29) is 29.3 Å². The second-order valence-corrected chi connectivity index (χ2v) is 4.81. The fourth-order valence-electron chi connectivity index (χ4n) is 2.25. The van der Waals surface area contributed by atoms with Crippen molar-refractivity contribution in [2.45, 2.75) is 18.9 Å². The maximum absolute atomic E-state index is 12.2. The first-order valence-corrected chi connectivity index (χ1v) is 6.28. The van der Waals surface area contributed by atoms with Crippen molar-refractivity contribution in [3.8, 4) is 0 Å². The zero-order valence-electron chi connectivity index (χ0n) is 10.1. The lowest BCUT2D eigenvalue weighted by Crippen LogP contribution is -2.37. The van der Waals surface area contributed by atoms with Crippen LogP contribution < -0.4 is 0 Å². The minimum Gasteiger partial charge on any atom is -0.394 e. The Labute approximate surface area is 114 Å². The van der Waals surface area contributed by atoms with Gasteiger partial charge in [-0.15, -0.1) is 0 Å². The Hall–Kier alpha value is -1.66. The Bertz CT molecular complexity index is 520. The molecule has 0 aromatic heterocycles. The second kappa shape index (κ2) is 5.54. The van der Waals surface area contributed by atoms with Crippen molar-refractivity contribution in [2.75, 3.05) is 13.2 Å². The van der Waals surface area contributed by atoms with Gasteiger partial charge in [-0.2, -0.15) is 0 Å². The van der Waals surface area contributed by atoms with Gasteiger partial charge in [-0.05, 0) is 25.0 Å². The number of nitro benzene ring substituents is 1. The summed E-state index contributed by atoms with van der Waals surface area (Å²) in [5.74, 6) is -0.256. The van der Waals surface area contributed by atoms with Crippen LogP contribution in [-0.2, 0) is 0 Å². The van der Waals surface area contributed by atoms with Crippen LogP contribution in [0.3, 0.4) is 0 Å². The van der Waals surface area contributed by atoms with Crippen molar-refractivity contribution in [3.05, 3.63) is 38.9 Å². The normalized spacial score (nSPS) is 18.6. The lowest BCUT2D eigenvalue weighted by molar-refractivity contribution is -0.384. The molecule has 0 saturated carbocycles. The molecule has 1 aliphatic rings. The predicted molar refractivity (Wildman–Crippen MR) is 69.3 cm³/mol. The summed E-state index contributed by atoms with van der Waals surface area (Å²) in [6.45, 7) is 0.505. The average Bonchev–Trinajstić information content (AvgIpc) is 2.85. The first-order valence-electron chi connectivity index (χ1n) is 5.90. The van der Waals surface area contributed by atoms with E-state index in [2.05, 4.69) is 0 Å². The first-order chi connectivity index (χ1) is 9.04. The minimum atomic E-state index is -0.594. The lowest BCUT2D eigenvalue weighted by atomic mass is 10.1. The van der Waals surface area contributed by atoms with Crippen molar-refractivity contribution in [1.82, 2.24) is 4.90 Å². The van der Waals surface area contributed by atoms with E-state index < -0.39 is 4.92 Å². The Balaban J connectivity index is 2.25. The summed E-state index contributed by atoms with van der Waals surface area (Å²) in [5.41, 5.74) is 0.0781. The third kappa shape index (κ3) is 2.69. The summed E-state index contributed by atoms with van der Waals surface area (Å²) in [5, 5.41) is 19.8. The third-order valence-corrected chi connectivity index (χ3v) is 3.54. The van der Waals surface area contributed by atoms with Gasteiger partial charge in [0, 0.05) is 18.2 Å². The summed E-state index contributed by atoms with van der Waals surface area (Å²) in [7, 11) is 0. The van der Waals surface area contributed by atoms with Gasteiger partial charge < -0.3 is 10.0 Å². The molecule has 6 nitrogen and oxygen atoms in total. The van der Waals surface area contributed by atoms with Crippen LogP contribution in [0.15, 0.2) is 18.2 Å². The number of aliphatic hydroxyl groups excluding tert-OH is 1. The SMILES string of the molecule is O=C(c1ccc([N+](=O)[O-])c(Cl)c1)N1CCC[C@H]1CO. The van der Waals surface area contributed by atoms with Crippen LogP contribution in [0.2, 0.25) is 5.02 Å². The molecule has 1 heterocycles. The number of amides is 1. The van der Waals surface area contributed by atoms with Crippen molar-refractivity contribution >= 4 is 23.2 Å². The van der Waals surface area contributed by atoms with Crippen LogP contribution in [0.4, 0.5) is 5.69 Å². The van der Waals surface area contributed by atoms with E-state index in [4.69, 9.17) is 11.6 Å². The molecule has 1 N–H and O–H groups in total. The molecule has 0 radical (unpaired) electrons. The van der Waals surface area contributed by atoms with Crippen LogP contribution in [0.5, 0.6) is 0 Å². The Morgan fingerprint density at radius 1 is 1.58 bits per heavy atom. The van der Waals surface area contributed by atoms with Crippen LogP contribution in [0.1, 0.15) is 23.2 Å². The minimum absolute atomic E-state index is 0.0596. The molecule has 1 saturated heterocycles. The van der Waals surface area contributed by atoms with Crippen LogP contribution >= 0.6 is 11.6 Å². The van der Waals surface area contributed by atoms with E-state index in [1.165, 1.54) is 18.2 Å². The first kappa shape index (κ1) is 13.8. The van der Waals surface area contributed by atoms with E-state index >= 15 is 0 Å². The number of nitro groups is 1. The maximum atomic E-state index is 12.2. The van der Waals surface area contributed by atoms with Gasteiger partial charge in [-0.25, -0.2) is 0 Å². The molecule has 1 atom stereocenters. The largest absolute Gasteiger partial charge is 0.394 e. The molecule has 2 rings (SSSR count). The predicted octanol–water partition coefficient (Wildman–Crippen LogP) is 1.85. The molecular formula is C12H13ClN2O4. The van der Waals surface area contributed by atoms with Crippen LogP contribution in [-0.4, -0.2) is 40.0 Å². The van der Waals surface area contributed by atoms with E-state index in [0.29, 0.717) is 12.1 Å². The Morgan fingerprint density at radius 3 is 2.89 bits per heavy atom. The molecule has 19 heavy (non-hydrogen) atoms. The highest BCUT2D eigenvalue weighted by Crippen LogP contribution is 2.27. The average molecular weight is 285 g/mol. The number of carbonyl (C=O) groups is 1. The molecule has 0 unspecified atom stereocenters. The monoisotopic (exact) mass is 284 g/mol. The summed E-state index contributed by atoms with van der Waals surface area (Å²) in [6.07, 6.45) is 1.61. The highest BCUT2D eigenvalue weighted by molar-refractivity contribution is 6.33. The summed E-state index contributed by atoms with van der Waals surface area (Å²) < 4.78 is 0. The third-order valence-electron chi connectivity index (χ3n) is 3.24. The van der Waals surface area contributed by atoms with Crippen molar-refractivity contribution < 1.29 is 14.8 Å². The molecule has 1 aromatic carbocycles. The van der Waals surface area contributed by atoms with Crippen LogP contribution in [0, 0.1) is 10.1 Å². The smallest absolute Gasteiger partial charge is 0.287 e. The van der Waals surface area contributed by atoms with Gasteiger partial charge >= 0.3 is 0 Å². The maximum Gasteiger partial charge on any atom is 0.287 e. The number of hydrogen-bond acceptors (Lipinski definition) is 4. The topological polar surface area (TPSA) is 83.7 Å². The highest BCUT2D eigenvalue weighted by Gasteiger charge is 2.29. The molecule has 0 spiro atoms. The molecule has 0 aliphatic carbocycles. The number of carbonyl (C=O) groups excluding carboxylic acids is 1. The number of nitrogens with zero attached hydrogens (tertiary/aromatic N) is 2. The fraction of sp³-hybridized carbons (Fsp3) is 0.417. The number of aliphatic hydroxyl groups is 1. The summed E-state index contributed by atoms with van der Waals surface area (Å²) >= 11 is 5.78. The number of halogens is 1. The zero-order valence-corrected chi connectivity index (χ0v) is 10.8. The fourth-order valence-corrected chi connectivity index (χ4v) is 2.50. The lowest BCUT2D eigenvalue weighted by Gasteiger charge is -2.23. The second-order valence-electron chi connectivity index (χ2n) is 4.40. The van der Waals surface area contributed by atoms with Crippen molar-refractivity contribution in [2.24, 2.45) is 0 Å². The molecule has 1 aromatic rings. The Morgan fingerprint density at radius 2 is 2.32 bits per heavy atom. The van der Waals surface area contributed by atoms with E-state index in [9.17, 15) is 20.0 Å². The molecular weight excluding hydrogens is 272 g/mol. The van der Waals surface area contributed by atoms with E-state index in [1.54, 1.807) is 4.90 Å². The molecule has 7 heteroatoms. The van der Waals surface area contributed by atoms with Crippen LogP contribution in [0.25, 0.3) is 0 Å². The number of hydrogen-bond donors (Lipinski definition) is 1. The number of rotatable bonds is 3. The van der Waals surface area contributed by atoms with E-state index in [1.807, 2.05) is 0 Å². The van der Waals surface area contributed by atoms with Gasteiger partial charge in [0.2, 0.25) is 0 Å². The number of benzene rings is 1.